The van der Waals surface area contributed by atoms with Crippen LogP contribution in [-0.2, 0) is 0 Å². The van der Waals surface area contributed by atoms with E-state index in [1.165, 1.54) is 32.4 Å². The fourth-order valence-electron chi connectivity index (χ4n) is 2.34. The van der Waals surface area contributed by atoms with Gasteiger partial charge in [0.1, 0.15) is 11.8 Å². The Labute approximate surface area is 119 Å². The van der Waals surface area contributed by atoms with E-state index in [0.29, 0.717) is 17.2 Å². The molecule has 2 rings (SSSR count). The molecule has 1 aromatic carbocycles. The van der Waals surface area contributed by atoms with Crippen molar-refractivity contribution < 1.29 is 4.74 Å². The number of rotatable bonds is 5. The van der Waals surface area contributed by atoms with Crippen LogP contribution in [0.15, 0.2) is 18.2 Å². The van der Waals surface area contributed by atoms with Crippen LogP contribution in [-0.4, -0.2) is 31.1 Å². The Kier molecular flexibility index (Phi) is 5.50. The SMILES string of the molecule is N#Cc1ccc(OCCCN2CCCCC2)cc1Cl. The highest BCUT2D eigenvalue weighted by Crippen LogP contribution is 2.22. The Hall–Kier alpha value is -1.24. The molecule has 0 saturated carbocycles. The molecule has 1 saturated heterocycles. The van der Waals surface area contributed by atoms with E-state index in [1.807, 2.05) is 6.07 Å². The summed E-state index contributed by atoms with van der Waals surface area (Å²) < 4.78 is 5.66. The van der Waals surface area contributed by atoms with Crippen molar-refractivity contribution in [1.29, 1.82) is 5.26 Å². The van der Waals surface area contributed by atoms with Gasteiger partial charge in [-0.05, 0) is 44.5 Å². The smallest absolute Gasteiger partial charge is 0.120 e. The summed E-state index contributed by atoms with van der Waals surface area (Å²) in [6.07, 6.45) is 5.05. The number of hydrogen-bond acceptors (Lipinski definition) is 3. The van der Waals surface area contributed by atoms with Crippen LogP contribution >= 0.6 is 11.6 Å². The quantitative estimate of drug-likeness (QED) is 0.774. The maximum atomic E-state index is 8.79. The molecule has 0 aromatic heterocycles. The predicted octanol–water partition coefficient (Wildman–Crippen LogP) is 3.47. The Morgan fingerprint density at radius 2 is 2.05 bits per heavy atom. The monoisotopic (exact) mass is 278 g/mol. The summed E-state index contributed by atoms with van der Waals surface area (Å²) in [7, 11) is 0. The van der Waals surface area contributed by atoms with Crippen LogP contribution in [0.2, 0.25) is 5.02 Å². The Bertz CT molecular complexity index is 450. The zero-order chi connectivity index (χ0) is 13.5. The molecule has 4 heteroatoms. The molecule has 1 aliphatic heterocycles. The molecule has 0 unspecified atom stereocenters. The maximum absolute atomic E-state index is 8.79. The van der Waals surface area contributed by atoms with Crippen LogP contribution in [0.3, 0.4) is 0 Å². The van der Waals surface area contributed by atoms with E-state index in [4.69, 9.17) is 21.6 Å². The Balaban J connectivity index is 1.70. The van der Waals surface area contributed by atoms with Crippen LogP contribution in [0.4, 0.5) is 0 Å². The minimum atomic E-state index is 0.455. The lowest BCUT2D eigenvalue weighted by Gasteiger charge is -2.26. The average molecular weight is 279 g/mol. The minimum Gasteiger partial charge on any atom is -0.493 e. The Morgan fingerprint density at radius 1 is 1.26 bits per heavy atom. The number of piperidine rings is 1. The second-order valence-electron chi connectivity index (χ2n) is 4.86. The molecular formula is C15H19ClN2O. The normalized spacial score (nSPS) is 16.0. The van der Waals surface area contributed by atoms with Gasteiger partial charge < -0.3 is 9.64 Å². The molecule has 0 N–H and O–H groups in total. The van der Waals surface area contributed by atoms with Crippen molar-refractivity contribution in [2.75, 3.05) is 26.2 Å². The van der Waals surface area contributed by atoms with Gasteiger partial charge in [-0.3, -0.25) is 0 Å². The number of hydrogen-bond donors (Lipinski definition) is 0. The molecule has 0 atom stereocenters. The summed E-state index contributed by atoms with van der Waals surface area (Å²) in [6, 6.07) is 7.24. The van der Waals surface area contributed by atoms with Gasteiger partial charge in [-0.2, -0.15) is 5.26 Å². The topological polar surface area (TPSA) is 36.3 Å². The number of benzene rings is 1. The van der Waals surface area contributed by atoms with Crippen LogP contribution < -0.4 is 4.74 Å². The lowest BCUT2D eigenvalue weighted by molar-refractivity contribution is 0.205. The van der Waals surface area contributed by atoms with Gasteiger partial charge in [-0.25, -0.2) is 0 Å². The van der Waals surface area contributed by atoms with Crippen molar-refractivity contribution in [2.45, 2.75) is 25.7 Å². The van der Waals surface area contributed by atoms with E-state index < -0.39 is 0 Å². The summed E-state index contributed by atoms with van der Waals surface area (Å²) in [5.41, 5.74) is 0.488. The fraction of sp³-hybridized carbons (Fsp3) is 0.533. The Morgan fingerprint density at radius 3 is 2.74 bits per heavy atom. The number of likely N-dealkylation sites (tertiary alicyclic amines) is 1. The van der Waals surface area contributed by atoms with Crippen molar-refractivity contribution in [3.63, 3.8) is 0 Å². The van der Waals surface area contributed by atoms with Gasteiger partial charge >= 0.3 is 0 Å². The summed E-state index contributed by atoms with van der Waals surface area (Å²) >= 11 is 5.95. The lowest BCUT2D eigenvalue weighted by Crippen LogP contribution is -2.31. The molecule has 0 radical (unpaired) electrons. The van der Waals surface area contributed by atoms with E-state index >= 15 is 0 Å². The highest BCUT2D eigenvalue weighted by atomic mass is 35.5. The molecule has 1 aliphatic rings. The van der Waals surface area contributed by atoms with E-state index in [9.17, 15) is 0 Å². The zero-order valence-electron chi connectivity index (χ0n) is 11.1. The molecule has 0 spiro atoms. The summed E-state index contributed by atoms with van der Waals surface area (Å²) in [5.74, 6) is 0.739. The second kappa shape index (κ2) is 7.37. The van der Waals surface area contributed by atoms with E-state index in [-0.39, 0.29) is 0 Å². The third kappa shape index (κ3) is 4.41. The van der Waals surface area contributed by atoms with Gasteiger partial charge in [0, 0.05) is 12.6 Å². The standard InChI is InChI=1S/C15H19ClN2O/c16-15-11-14(6-5-13(15)12-17)19-10-4-9-18-7-2-1-3-8-18/h5-6,11H,1-4,7-10H2. The van der Waals surface area contributed by atoms with Crippen molar-refractivity contribution >= 4 is 11.6 Å². The van der Waals surface area contributed by atoms with Crippen molar-refractivity contribution in [1.82, 2.24) is 4.90 Å². The van der Waals surface area contributed by atoms with E-state index in [0.717, 1.165) is 18.7 Å². The maximum Gasteiger partial charge on any atom is 0.120 e. The molecule has 1 fully saturated rings. The third-order valence-electron chi connectivity index (χ3n) is 3.40. The first-order valence-corrected chi connectivity index (χ1v) is 7.22. The average Bonchev–Trinajstić information content (AvgIpc) is 2.45. The van der Waals surface area contributed by atoms with Crippen molar-refractivity contribution in [3.8, 4) is 11.8 Å². The zero-order valence-corrected chi connectivity index (χ0v) is 11.8. The van der Waals surface area contributed by atoms with E-state index in [1.54, 1.807) is 18.2 Å². The number of ether oxygens (including phenoxy) is 1. The molecule has 1 aromatic rings. The predicted molar refractivity (Wildman–Crippen MR) is 76.6 cm³/mol. The third-order valence-corrected chi connectivity index (χ3v) is 3.71. The van der Waals surface area contributed by atoms with Crippen LogP contribution in [0.1, 0.15) is 31.2 Å². The summed E-state index contributed by atoms with van der Waals surface area (Å²) in [5, 5.41) is 9.24. The molecule has 19 heavy (non-hydrogen) atoms. The number of nitriles is 1. The first-order chi connectivity index (χ1) is 9.29. The fourth-order valence-corrected chi connectivity index (χ4v) is 2.55. The largest absolute Gasteiger partial charge is 0.493 e. The number of halogens is 1. The molecular weight excluding hydrogens is 260 g/mol. The van der Waals surface area contributed by atoms with Gasteiger partial charge in [0.2, 0.25) is 0 Å². The van der Waals surface area contributed by atoms with Gasteiger partial charge in [-0.1, -0.05) is 18.0 Å². The van der Waals surface area contributed by atoms with Gasteiger partial charge in [-0.15, -0.1) is 0 Å². The molecule has 0 amide bonds. The van der Waals surface area contributed by atoms with Crippen LogP contribution in [0, 0.1) is 11.3 Å². The highest BCUT2D eigenvalue weighted by molar-refractivity contribution is 6.31. The highest BCUT2D eigenvalue weighted by Gasteiger charge is 2.09. The first kappa shape index (κ1) is 14.2. The number of nitrogens with zero attached hydrogens (tertiary/aromatic N) is 2. The van der Waals surface area contributed by atoms with Crippen molar-refractivity contribution in [2.24, 2.45) is 0 Å². The second-order valence-corrected chi connectivity index (χ2v) is 5.26. The molecule has 3 nitrogen and oxygen atoms in total. The summed E-state index contributed by atoms with van der Waals surface area (Å²) in [4.78, 5) is 2.50. The molecule has 102 valence electrons. The molecule has 1 heterocycles. The minimum absolute atomic E-state index is 0.455. The van der Waals surface area contributed by atoms with Crippen LogP contribution in [0.25, 0.3) is 0 Å². The van der Waals surface area contributed by atoms with Crippen LogP contribution in [0.5, 0.6) is 5.75 Å². The van der Waals surface area contributed by atoms with Gasteiger partial charge in [0.05, 0.1) is 17.2 Å². The molecule has 0 bridgehead atoms. The lowest BCUT2D eigenvalue weighted by atomic mass is 10.1. The van der Waals surface area contributed by atoms with Gasteiger partial charge in [0.15, 0.2) is 0 Å². The van der Waals surface area contributed by atoms with Crippen molar-refractivity contribution in [3.05, 3.63) is 28.8 Å². The summed E-state index contributed by atoms with van der Waals surface area (Å²) in [6.45, 7) is 4.24. The molecule has 0 aliphatic carbocycles. The van der Waals surface area contributed by atoms with Gasteiger partial charge in [0.25, 0.3) is 0 Å². The first-order valence-electron chi connectivity index (χ1n) is 6.84. The van der Waals surface area contributed by atoms with E-state index in [2.05, 4.69) is 4.90 Å².